The molecule has 2 aromatic rings. The first kappa shape index (κ1) is 16.2. The van der Waals surface area contributed by atoms with E-state index >= 15 is 0 Å². The van der Waals surface area contributed by atoms with E-state index in [1.165, 1.54) is 29.2 Å². The van der Waals surface area contributed by atoms with E-state index in [0.29, 0.717) is 0 Å². The number of aryl methyl sites for hydroxylation is 1. The highest BCUT2D eigenvalue weighted by Crippen LogP contribution is 2.42. The zero-order valence-electron chi connectivity index (χ0n) is 14.4. The summed E-state index contributed by atoms with van der Waals surface area (Å²) in [6.07, 6.45) is 3.55. The number of hydrogen-bond donors (Lipinski definition) is 0. The number of nitrogens with zero attached hydrogens (tertiary/aromatic N) is 2. The third kappa shape index (κ3) is 3.15. The van der Waals surface area contributed by atoms with Gasteiger partial charge in [0.1, 0.15) is 0 Å². The number of aromatic nitrogens is 1. The van der Waals surface area contributed by atoms with Crippen LogP contribution in [-0.4, -0.2) is 42.7 Å². The number of piperidine rings is 1. The molecule has 3 nitrogen and oxygen atoms in total. The molecule has 0 N–H and O–H groups in total. The number of rotatable bonds is 4. The molecule has 2 saturated heterocycles. The van der Waals surface area contributed by atoms with Crippen molar-refractivity contribution in [2.75, 3.05) is 32.8 Å². The van der Waals surface area contributed by atoms with Crippen LogP contribution < -0.4 is 0 Å². The second kappa shape index (κ2) is 6.95. The highest BCUT2D eigenvalue weighted by molar-refractivity contribution is 7.09. The summed E-state index contributed by atoms with van der Waals surface area (Å²) in [4.78, 5) is 7.53. The van der Waals surface area contributed by atoms with Crippen molar-refractivity contribution >= 4 is 11.3 Å². The molecule has 0 radical (unpaired) electrons. The molecular formula is C20H26N2OS. The van der Waals surface area contributed by atoms with Gasteiger partial charge >= 0.3 is 0 Å². The Morgan fingerprint density at radius 3 is 2.67 bits per heavy atom. The number of hydrogen-bond acceptors (Lipinski definition) is 4. The average molecular weight is 343 g/mol. The first-order valence-electron chi connectivity index (χ1n) is 9.04. The lowest BCUT2D eigenvalue weighted by Gasteiger charge is -2.42. The van der Waals surface area contributed by atoms with Crippen molar-refractivity contribution in [1.82, 2.24) is 9.88 Å². The summed E-state index contributed by atoms with van der Waals surface area (Å²) >= 11 is 1.78. The minimum absolute atomic E-state index is 0.0920. The summed E-state index contributed by atoms with van der Waals surface area (Å²) < 4.78 is 5.55. The molecule has 3 heterocycles. The van der Waals surface area contributed by atoms with E-state index in [1.54, 1.807) is 11.3 Å². The van der Waals surface area contributed by atoms with Crippen LogP contribution >= 0.6 is 11.3 Å². The van der Waals surface area contributed by atoms with Crippen LogP contribution in [0.15, 0.2) is 35.7 Å². The van der Waals surface area contributed by atoms with Crippen molar-refractivity contribution < 1.29 is 4.74 Å². The predicted molar refractivity (Wildman–Crippen MR) is 98.7 cm³/mol. The maximum Gasteiger partial charge on any atom is 0.0897 e. The Hall–Kier alpha value is -1.23. The van der Waals surface area contributed by atoms with Crippen molar-refractivity contribution in [3.8, 4) is 0 Å². The Morgan fingerprint density at radius 1 is 1.25 bits per heavy atom. The zero-order chi connectivity index (χ0) is 16.4. The van der Waals surface area contributed by atoms with Gasteiger partial charge in [0.2, 0.25) is 0 Å². The van der Waals surface area contributed by atoms with E-state index in [0.717, 1.165) is 45.1 Å². The largest absolute Gasteiger partial charge is 0.381 e. The van der Waals surface area contributed by atoms with Crippen LogP contribution in [0.1, 0.15) is 35.5 Å². The van der Waals surface area contributed by atoms with Gasteiger partial charge in [-0.3, -0.25) is 0 Å². The van der Waals surface area contributed by atoms with Crippen LogP contribution in [0.2, 0.25) is 0 Å². The maximum absolute atomic E-state index is 5.55. The number of ether oxygens (including phenoxy) is 1. The number of benzene rings is 1. The SMILES string of the molecule is Cc1nc(C2(c3ccccc3)CCN(CC3CCOC3)CC2)cs1. The molecule has 0 spiro atoms. The van der Waals surface area contributed by atoms with Crippen molar-refractivity contribution in [3.63, 3.8) is 0 Å². The Balaban J connectivity index is 1.55. The molecule has 24 heavy (non-hydrogen) atoms. The van der Waals surface area contributed by atoms with Crippen molar-refractivity contribution in [3.05, 3.63) is 52.0 Å². The lowest BCUT2D eigenvalue weighted by molar-refractivity contribution is 0.137. The fourth-order valence-corrected chi connectivity index (χ4v) is 4.95. The molecule has 1 aromatic heterocycles. The van der Waals surface area contributed by atoms with Gasteiger partial charge in [0.15, 0.2) is 0 Å². The molecule has 4 heteroatoms. The first-order chi connectivity index (χ1) is 11.8. The molecule has 128 valence electrons. The zero-order valence-corrected chi connectivity index (χ0v) is 15.2. The Kier molecular flexibility index (Phi) is 4.70. The smallest absolute Gasteiger partial charge is 0.0897 e. The van der Waals surface area contributed by atoms with E-state index in [4.69, 9.17) is 9.72 Å². The second-order valence-electron chi connectivity index (χ2n) is 7.23. The number of likely N-dealkylation sites (tertiary alicyclic amines) is 1. The van der Waals surface area contributed by atoms with Gasteiger partial charge in [0, 0.05) is 23.9 Å². The van der Waals surface area contributed by atoms with Crippen LogP contribution in [-0.2, 0) is 10.2 Å². The predicted octanol–water partition coefficient (Wildman–Crippen LogP) is 3.87. The fourth-order valence-electron chi connectivity index (χ4n) is 4.24. The lowest BCUT2D eigenvalue weighted by Crippen LogP contribution is -2.45. The summed E-state index contributed by atoms with van der Waals surface area (Å²) in [5.74, 6) is 0.732. The molecule has 1 unspecified atom stereocenters. The molecule has 2 aliphatic rings. The summed E-state index contributed by atoms with van der Waals surface area (Å²) in [5, 5.41) is 3.45. The van der Waals surface area contributed by atoms with E-state index in [-0.39, 0.29) is 5.41 Å². The average Bonchev–Trinajstić information content (AvgIpc) is 3.29. The molecular weight excluding hydrogens is 316 g/mol. The maximum atomic E-state index is 5.55. The van der Waals surface area contributed by atoms with E-state index in [9.17, 15) is 0 Å². The summed E-state index contributed by atoms with van der Waals surface area (Å²) in [6, 6.07) is 11.0. The van der Waals surface area contributed by atoms with Crippen LogP contribution in [0.5, 0.6) is 0 Å². The van der Waals surface area contributed by atoms with Crippen LogP contribution in [0.3, 0.4) is 0 Å². The third-order valence-corrected chi connectivity index (χ3v) is 6.46. The van der Waals surface area contributed by atoms with Crippen LogP contribution in [0, 0.1) is 12.8 Å². The minimum Gasteiger partial charge on any atom is -0.381 e. The van der Waals surface area contributed by atoms with Gasteiger partial charge < -0.3 is 9.64 Å². The fraction of sp³-hybridized carbons (Fsp3) is 0.550. The number of thiazole rings is 1. The molecule has 0 amide bonds. The highest BCUT2D eigenvalue weighted by atomic mass is 32.1. The molecule has 1 aromatic carbocycles. The third-order valence-electron chi connectivity index (χ3n) is 5.69. The van der Waals surface area contributed by atoms with Crippen molar-refractivity contribution in [2.24, 2.45) is 5.92 Å². The topological polar surface area (TPSA) is 25.4 Å². The van der Waals surface area contributed by atoms with Gasteiger partial charge in [-0.1, -0.05) is 30.3 Å². The van der Waals surface area contributed by atoms with Gasteiger partial charge in [0.05, 0.1) is 17.3 Å². The molecule has 0 aliphatic carbocycles. The molecule has 0 bridgehead atoms. The van der Waals surface area contributed by atoms with E-state index in [1.807, 2.05) is 0 Å². The van der Waals surface area contributed by atoms with E-state index in [2.05, 4.69) is 47.5 Å². The highest BCUT2D eigenvalue weighted by Gasteiger charge is 2.40. The standard InChI is InChI=1S/C20H26N2OS/c1-16-21-19(15-24-16)20(18-5-3-2-4-6-18)8-10-22(11-9-20)13-17-7-12-23-14-17/h2-6,15,17H,7-14H2,1H3. The molecule has 2 aliphatic heterocycles. The molecule has 4 rings (SSSR count). The Morgan fingerprint density at radius 2 is 2.04 bits per heavy atom. The summed E-state index contributed by atoms with van der Waals surface area (Å²) in [5.41, 5.74) is 2.80. The molecule has 0 saturated carbocycles. The van der Waals surface area contributed by atoms with Crippen molar-refractivity contribution in [2.45, 2.75) is 31.6 Å². The lowest BCUT2D eigenvalue weighted by atomic mass is 9.70. The Bertz CT molecular complexity index is 655. The normalized spacial score (nSPS) is 24.3. The van der Waals surface area contributed by atoms with Gasteiger partial charge in [0.25, 0.3) is 0 Å². The summed E-state index contributed by atoms with van der Waals surface area (Å²) in [7, 11) is 0. The van der Waals surface area contributed by atoms with Gasteiger partial charge in [-0.05, 0) is 50.8 Å². The minimum atomic E-state index is 0.0920. The monoisotopic (exact) mass is 342 g/mol. The van der Waals surface area contributed by atoms with Crippen LogP contribution in [0.4, 0.5) is 0 Å². The molecule has 2 fully saturated rings. The van der Waals surface area contributed by atoms with Crippen LogP contribution in [0.25, 0.3) is 0 Å². The Labute approximate surface area is 148 Å². The second-order valence-corrected chi connectivity index (χ2v) is 8.29. The van der Waals surface area contributed by atoms with Gasteiger partial charge in [-0.2, -0.15) is 0 Å². The van der Waals surface area contributed by atoms with E-state index < -0.39 is 0 Å². The molecule has 1 atom stereocenters. The van der Waals surface area contributed by atoms with Gasteiger partial charge in [-0.25, -0.2) is 4.98 Å². The quantitative estimate of drug-likeness (QED) is 0.843. The summed E-state index contributed by atoms with van der Waals surface area (Å²) in [6.45, 7) is 7.52. The van der Waals surface area contributed by atoms with Gasteiger partial charge in [-0.15, -0.1) is 11.3 Å². The van der Waals surface area contributed by atoms with Crippen molar-refractivity contribution in [1.29, 1.82) is 0 Å². The first-order valence-corrected chi connectivity index (χ1v) is 9.92.